The number of aryl methyl sites for hydroxylation is 1. The van der Waals surface area contributed by atoms with E-state index >= 15 is 0 Å². The van der Waals surface area contributed by atoms with Crippen LogP contribution in [0.2, 0.25) is 0 Å². The lowest BCUT2D eigenvalue weighted by atomic mass is 10.2. The van der Waals surface area contributed by atoms with Crippen molar-refractivity contribution in [2.45, 2.75) is 32.6 Å². The summed E-state index contributed by atoms with van der Waals surface area (Å²) in [6.07, 6.45) is 6.70. The summed E-state index contributed by atoms with van der Waals surface area (Å²) in [6.45, 7) is 10.3. The number of thiophene rings is 1. The second-order valence-electron chi connectivity index (χ2n) is 5.70. The first-order valence-corrected chi connectivity index (χ1v) is 10.7. The summed E-state index contributed by atoms with van der Waals surface area (Å²) in [5, 5.41) is 4.24. The van der Waals surface area contributed by atoms with E-state index in [2.05, 4.69) is 37.7 Å². The SMILES string of the molecule is Cc1cscc1OCCCCCC[P+](C)(C)C. The zero-order valence-electron chi connectivity index (χ0n) is 11.7. The molecule has 0 N–H and O–H groups in total. The van der Waals surface area contributed by atoms with Crippen LogP contribution in [0.4, 0.5) is 0 Å². The Bertz CT molecular complexity index is 314. The van der Waals surface area contributed by atoms with E-state index < -0.39 is 7.26 Å². The van der Waals surface area contributed by atoms with Crippen molar-refractivity contribution in [3.05, 3.63) is 16.3 Å². The Morgan fingerprint density at radius 3 is 2.35 bits per heavy atom. The molecular formula is C14H26OPS+. The second-order valence-corrected chi connectivity index (χ2v) is 11.5. The van der Waals surface area contributed by atoms with Gasteiger partial charge in [-0.05, 0) is 38.0 Å². The van der Waals surface area contributed by atoms with E-state index in [0.717, 1.165) is 12.4 Å². The van der Waals surface area contributed by atoms with Gasteiger partial charge >= 0.3 is 0 Å². The van der Waals surface area contributed by atoms with Gasteiger partial charge in [0.25, 0.3) is 0 Å². The highest BCUT2D eigenvalue weighted by Crippen LogP contribution is 2.47. The molecule has 0 aliphatic heterocycles. The van der Waals surface area contributed by atoms with Gasteiger partial charge < -0.3 is 4.74 Å². The van der Waals surface area contributed by atoms with E-state index in [9.17, 15) is 0 Å². The lowest BCUT2D eigenvalue weighted by molar-refractivity contribution is 0.304. The van der Waals surface area contributed by atoms with Gasteiger partial charge in [-0.1, -0.05) is 0 Å². The molecule has 98 valence electrons. The quantitative estimate of drug-likeness (QED) is 0.483. The van der Waals surface area contributed by atoms with E-state index in [-0.39, 0.29) is 0 Å². The van der Waals surface area contributed by atoms with Crippen LogP contribution in [0, 0.1) is 6.92 Å². The Morgan fingerprint density at radius 2 is 1.76 bits per heavy atom. The molecule has 0 unspecified atom stereocenters. The van der Waals surface area contributed by atoms with Gasteiger partial charge in [0, 0.05) is 38.2 Å². The predicted octanol–water partition coefficient (Wildman–Crippen LogP) is 4.90. The molecule has 3 heteroatoms. The summed E-state index contributed by atoms with van der Waals surface area (Å²) in [5.74, 6) is 1.08. The summed E-state index contributed by atoms with van der Waals surface area (Å²) < 4.78 is 5.74. The third-order valence-corrected chi connectivity index (χ3v) is 5.29. The molecule has 0 aliphatic rings. The van der Waals surface area contributed by atoms with Gasteiger partial charge in [0.1, 0.15) is 5.75 Å². The number of hydrogen-bond donors (Lipinski definition) is 0. The van der Waals surface area contributed by atoms with E-state index in [1.54, 1.807) is 11.3 Å². The first kappa shape index (κ1) is 15.0. The molecule has 1 rings (SSSR count). The molecule has 17 heavy (non-hydrogen) atoms. The Labute approximate surface area is 111 Å². The Kier molecular flexibility index (Phi) is 6.51. The second kappa shape index (κ2) is 7.38. The molecule has 0 radical (unpaired) electrons. The van der Waals surface area contributed by atoms with Crippen LogP contribution in [0.5, 0.6) is 5.75 Å². The van der Waals surface area contributed by atoms with Gasteiger partial charge in [0.2, 0.25) is 0 Å². The Hall–Kier alpha value is -0.0700. The van der Waals surface area contributed by atoms with Gasteiger partial charge in [-0.25, -0.2) is 0 Å². The van der Waals surface area contributed by atoms with E-state index in [1.807, 2.05) is 0 Å². The van der Waals surface area contributed by atoms with Crippen LogP contribution in [0.3, 0.4) is 0 Å². The fourth-order valence-corrected chi connectivity index (χ4v) is 3.66. The number of hydrogen-bond acceptors (Lipinski definition) is 2. The minimum absolute atomic E-state index is 0.547. The third kappa shape index (κ3) is 7.06. The topological polar surface area (TPSA) is 9.23 Å². The molecule has 0 amide bonds. The third-order valence-electron chi connectivity index (χ3n) is 2.79. The highest BCUT2D eigenvalue weighted by molar-refractivity contribution is 7.73. The highest BCUT2D eigenvalue weighted by atomic mass is 32.1. The van der Waals surface area contributed by atoms with Gasteiger partial charge in [-0.3, -0.25) is 0 Å². The minimum atomic E-state index is -0.547. The summed E-state index contributed by atoms with van der Waals surface area (Å²) >= 11 is 1.72. The van der Waals surface area contributed by atoms with Gasteiger partial charge in [0.15, 0.2) is 0 Å². The van der Waals surface area contributed by atoms with E-state index in [1.165, 1.54) is 37.4 Å². The molecule has 0 aromatic carbocycles. The van der Waals surface area contributed by atoms with E-state index in [0.29, 0.717) is 0 Å². The van der Waals surface area contributed by atoms with Gasteiger partial charge in [-0.15, -0.1) is 11.3 Å². The number of ether oxygens (including phenoxy) is 1. The van der Waals surface area contributed by atoms with Crippen molar-refractivity contribution in [2.75, 3.05) is 32.8 Å². The molecule has 0 atom stereocenters. The van der Waals surface area contributed by atoms with Crippen molar-refractivity contribution in [3.8, 4) is 5.75 Å². The molecule has 0 spiro atoms. The molecular weight excluding hydrogens is 247 g/mol. The van der Waals surface area contributed by atoms with Crippen molar-refractivity contribution >= 4 is 18.6 Å². The first-order valence-electron chi connectivity index (χ1n) is 6.45. The number of unbranched alkanes of at least 4 members (excludes halogenated alkanes) is 3. The maximum absolute atomic E-state index is 5.74. The summed E-state index contributed by atoms with van der Waals surface area (Å²) in [5.41, 5.74) is 1.27. The fraction of sp³-hybridized carbons (Fsp3) is 0.714. The lowest BCUT2D eigenvalue weighted by Gasteiger charge is -2.11. The summed E-state index contributed by atoms with van der Waals surface area (Å²) in [4.78, 5) is 0. The monoisotopic (exact) mass is 273 g/mol. The highest BCUT2D eigenvalue weighted by Gasteiger charge is 2.15. The maximum atomic E-state index is 5.74. The van der Waals surface area contributed by atoms with Crippen LogP contribution in [0.1, 0.15) is 31.2 Å². The molecule has 0 saturated heterocycles. The molecule has 0 fully saturated rings. The van der Waals surface area contributed by atoms with Crippen molar-refractivity contribution < 1.29 is 4.74 Å². The molecule has 0 aliphatic carbocycles. The lowest BCUT2D eigenvalue weighted by Crippen LogP contribution is -1.98. The normalized spacial score (nSPS) is 11.8. The number of rotatable bonds is 8. The zero-order chi connectivity index (χ0) is 12.7. The Morgan fingerprint density at radius 1 is 1.06 bits per heavy atom. The van der Waals surface area contributed by atoms with Crippen LogP contribution in [-0.2, 0) is 0 Å². The fourth-order valence-electron chi connectivity index (χ4n) is 1.72. The standard InChI is InChI=1S/C14H26OPS/c1-13-11-17-12-14(13)15-9-7-5-6-8-10-16(2,3)4/h11-12H,5-10H2,1-4H3/q+1. The van der Waals surface area contributed by atoms with E-state index in [4.69, 9.17) is 4.74 Å². The van der Waals surface area contributed by atoms with Crippen LogP contribution in [0.25, 0.3) is 0 Å². The molecule has 0 bridgehead atoms. The van der Waals surface area contributed by atoms with Crippen LogP contribution in [0.15, 0.2) is 10.8 Å². The molecule has 1 aromatic rings. The smallest absolute Gasteiger partial charge is 0.132 e. The van der Waals surface area contributed by atoms with Crippen LogP contribution < -0.4 is 4.74 Å². The van der Waals surface area contributed by atoms with Crippen molar-refractivity contribution in [1.82, 2.24) is 0 Å². The Balaban J connectivity index is 1.97. The average molecular weight is 273 g/mol. The van der Waals surface area contributed by atoms with Crippen LogP contribution >= 0.6 is 18.6 Å². The molecule has 1 aromatic heterocycles. The molecule has 1 nitrogen and oxygen atoms in total. The summed E-state index contributed by atoms with van der Waals surface area (Å²) in [7, 11) is -0.547. The van der Waals surface area contributed by atoms with Crippen molar-refractivity contribution in [1.29, 1.82) is 0 Å². The summed E-state index contributed by atoms with van der Waals surface area (Å²) in [6, 6.07) is 0. The average Bonchev–Trinajstić information content (AvgIpc) is 2.61. The largest absolute Gasteiger partial charge is 0.492 e. The van der Waals surface area contributed by atoms with Crippen molar-refractivity contribution in [2.24, 2.45) is 0 Å². The van der Waals surface area contributed by atoms with Crippen molar-refractivity contribution in [3.63, 3.8) is 0 Å². The molecule has 0 saturated carbocycles. The van der Waals surface area contributed by atoms with Gasteiger partial charge in [0.05, 0.1) is 12.8 Å². The minimum Gasteiger partial charge on any atom is -0.492 e. The maximum Gasteiger partial charge on any atom is 0.132 e. The first-order chi connectivity index (χ1) is 7.99. The van der Waals surface area contributed by atoms with Gasteiger partial charge in [-0.2, -0.15) is 0 Å². The molecule has 1 heterocycles. The zero-order valence-corrected chi connectivity index (χ0v) is 13.4. The predicted molar refractivity (Wildman–Crippen MR) is 82.6 cm³/mol. The van der Waals surface area contributed by atoms with Crippen LogP contribution in [-0.4, -0.2) is 32.8 Å².